The highest BCUT2D eigenvalue weighted by Gasteiger charge is 2.29. The fourth-order valence-electron chi connectivity index (χ4n) is 2.50. The van der Waals surface area contributed by atoms with Gasteiger partial charge in [-0.2, -0.15) is 0 Å². The molecule has 102 valence electrons. The van der Waals surface area contributed by atoms with Gasteiger partial charge in [0, 0.05) is 6.54 Å². The highest BCUT2D eigenvalue weighted by molar-refractivity contribution is 9.10. The molecule has 0 aromatic heterocycles. The van der Waals surface area contributed by atoms with E-state index in [4.69, 9.17) is 5.73 Å². The summed E-state index contributed by atoms with van der Waals surface area (Å²) < 4.78 is 14.3. The van der Waals surface area contributed by atoms with Crippen LogP contribution in [0.1, 0.15) is 15.9 Å². The maximum Gasteiger partial charge on any atom is 0.261 e. The summed E-state index contributed by atoms with van der Waals surface area (Å²) in [6.07, 6.45) is 0.738. The monoisotopic (exact) mass is 334 g/mol. The molecule has 0 spiro atoms. The summed E-state index contributed by atoms with van der Waals surface area (Å²) in [5, 5.41) is 0. The molecule has 1 aliphatic rings. The molecule has 0 aliphatic carbocycles. The summed E-state index contributed by atoms with van der Waals surface area (Å²) >= 11 is 3.10. The van der Waals surface area contributed by atoms with Crippen molar-refractivity contribution in [2.75, 3.05) is 17.2 Å². The van der Waals surface area contributed by atoms with Gasteiger partial charge in [-0.05, 0) is 46.1 Å². The van der Waals surface area contributed by atoms with E-state index < -0.39 is 5.82 Å². The van der Waals surface area contributed by atoms with Crippen molar-refractivity contribution in [1.29, 1.82) is 0 Å². The van der Waals surface area contributed by atoms with Gasteiger partial charge in [-0.15, -0.1) is 0 Å². The van der Waals surface area contributed by atoms with Gasteiger partial charge in [0.25, 0.3) is 5.91 Å². The number of nitrogen functional groups attached to an aromatic ring is 1. The second-order valence-corrected chi connectivity index (χ2v) is 5.52. The van der Waals surface area contributed by atoms with E-state index in [-0.39, 0.29) is 15.9 Å². The molecule has 2 aromatic rings. The first kappa shape index (κ1) is 13.1. The van der Waals surface area contributed by atoms with Crippen LogP contribution in [0.3, 0.4) is 0 Å². The number of para-hydroxylation sites is 1. The van der Waals surface area contributed by atoms with E-state index >= 15 is 0 Å². The van der Waals surface area contributed by atoms with Crippen LogP contribution in [0, 0.1) is 5.82 Å². The van der Waals surface area contributed by atoms with E-state index in [0.717, 1.165) is 12.0 Å². The summed E-state index contributed by atoms with van der Waals surface area (Å²) in [4.78, 5) is 14.1. The quantitative estimate of drug-likeness (QED) is 0.812. The molecule has 0 unspecified atom stereocenters. The Morgan fingerprint density at radius 1 is 1.25 bits per heavy atom. The van der Waals surface area contributed by atoms with Crippen LogP contribution in [0.4, 0.5) is 15.8 Å². The lowest BCUT2D eigenvalue weighted by atomic mass is 10.1. The van der Waals surface area contributed by atoms with Crippen molar-refractivity contribution in [2.24, 2.45) is 0 Å². The summed E-state index contributed by atoms with van der Waals surface area (Å²) in [7, 11) is 0. The van der Waals surface area contributed by atoms with Gasteiger partial charge >= 0.3 is 0 Å². The molecular formula is C15H12BrFN2O. The van der Waals surface area contributed by atoms with Gasteiger partial charge in [0.1, 0.15) is 5.82 Å². The number of hydrogen-bond donors (Lipinski definition) is 1. The molecule has 1 heterocycles. The van der Waals surface area contributed by atoms with Crippen LogP contribution in [-0.4, -0.2) is 12.5 Å². The number of nitrogens with two attached hydrogens (primary N) is 1. The second kappa shape index (κ2) is 4.90. The van der Waals surface area contributed by atoms with Gasteiger partial charge in [0.2, 0.25) is 0 Å². The first-order chi connectivity index (χ1) is 9.59. The standard InChI is InChI=1S/C15H12BrFN2O/c16-11-5-2-4-10(13(11)17)15(20)19-8-7-9-3-1-6-12(18)14(9)19/h1-6H,7-8,18H2. The maximum atomic E-state index is 14.1. The molecule has 3 nitrogen and oxygen atoms in total. The number of carbonyl (C=O) groups excluding carboxylic acids is 1. The first-order valence-electron chi connectivity index (χ1n) is 6.23. The molecule has 0 saturated heterocycles. The lowest BCUT2D eigenvalue weighted by Crippen LogP contribution is -2.30. The summed E-state index contributed by atoms with van der Waals surface area (Å²) in [6, 6.07) is 10.3. The summed E-state index contributed by atoms with van der Waals surface area (Å²) in [5.41, 5.74) is 8.27. The zero-order chi connectivity index (χ0) is 14.3. The predicted molar refractivity (Wildman–Crippen MR) is 80.3 cm³/mol. The summed E-state index contributed by atoms with van der Waals surface area (Å²) in [5.74, 6) is -0.902. The van der Waals surface area contributed by atoms with E-state index in [9.17, 15) is 9.18 Å². The normalized spacial score (nSPS) is 13.4. The van der Waals surface area contributed by atoms with Crippen LogP contribution in [0.2, 0.25) is 0 Å². The fraction of sp³-hybridized carbons (Fsp3) is 0.133. The van der Waals surface area contributed by atoms with Gasteiger partial charge in [-0.3, -0.25) is 4.79 Å². The number of nitrogens with zero attached hydrogens (tertiary/aromatic N) is 1. The lowest BCUT2D eigenvalue weighted by molar-refractivity contribution is 0.0985. The Kier molecular flexibility index (Phi) is 3.22. The molecule has 0 saturated carbocycles. The van der Waals surface area contributed by atoms with Gasteiger partial charge in [-0.1, -0.05) is 18.2 Å². The molecule has 0 fully saturated rings. The van der Waals surface area contributed by atoms with Crippen molar-refractivity contribution in [2.45, 2.75) is 6.42 Å². The predicted octanol–water partition coefficient (Wildman–Crippen LogP) is 3.37. The Balaban J connectivity index is 2.04. The van der Waals surface area contributed by atoms with Crippen LogP contribution >= 0.6 is 15.9 Å². The molecule has 20 heavy (non-hydrogen) atoms. The van der Waals surface area contributed by atoms with Crippen LogP contribution in [-0.2, 0) is 6.42 Å². The van der Waals surface area contributed by atoms with Crippen molar-refractivity contribution >= 4 is 33.2 Å². The van der Waals surface area contributed by atoms with Gasteiger partial charge in [0.15, 0.2) is 0 Å². The van der Waals surface area contributed by atoms with E-state index in [1.807, 2.05) is 12.1 Å². The third-order valence-corrected chi connectivity index (χ3v) is 4.07. The molecule has 0 bridgehead atoms. The molecule has 2 N–H and O–H groups in total. The minimum Gasteiger partial charge on any atom is -0.397 e. The van der Waals surface area contributed by atoms with Crippen LogP contribution in [0.25, 0.3) is 0 Å². The van der Waals surface area contributed by atoms with Gasteiger partial charge < -0.3 is 10.6 Å². The Morgan fingerprint density at radius 3 is 2.80 bits per heavy atom. The van der Waals surface area contributed by atoms with Gasteiger partial charge in [-0.25, -0.2) is 4.39 Å². The Morgan fingerprint density at radius 2 is 2.00 bits per heavy atom. The molecule has 3 rings (SSSR count). The molecule has 1 aliphatic heterocycles. The highest BCUT2D eigenvalue weighted by atomic mass is 79.9. The topological polar surface area (TPSA) is 46.3 Å². The maximum absolute atomic E-state index is 14.1. The van der Waals surface area contributed by atoms with Crippen LogP contribution in [0.15, 0.2) is 40.9 Å². The highest BCUT2D eigenvalue weighted by Crippen LogP contribution is 2.35. The minimum absolute atomic E-state index is 0.0514. The number of amides is 1. The number of benzene rings is 2. The zero-order valence-electron chi connectivity index (χ0n) is 10.6. The molecule has 5 heteroatoms. The third kappa shape index (κ3) is 1.98. The van der Waals surface area contributed by atoms with Crippen molar-refractivity contribution in [3.05, 3.63) is 57.8 Å². The van der Waals surface area contributed by atoms with E-state index in [0.29, 0.717) is 17.9 Å². The molecular weight excluding hydrogens is 323 g/mol. The largest absolute Gasteiger partial charge is 0.397 e. The Labute approximate surface area is 124 Å². The second-order valence-electron chi connectivity index (χ2n) is 4.66. The summed E-state index contributed by atoms with van der Waals surface area (Å²) in [6.45, 7) is 0.522. The van der Waals surface area contributed by atoms with Crippen molar-refractivity contribution < 1.29 is 9.18 Å². The zero-order valence-corrected chi connectivity index (χ0v) is 12.2. The van der Waals surface area contributed by atoms with Crippen LogP contribution in [0.5, 0.6) is 0 Å². The third-order valence-electron chi connectivity index (χ3n) is 3.45. The van der Waals surface area contributed by atoms with E-state index in [1.54, 1.807) is 23.1 Å². The number of carbonyl (C=O) groups is 1. The van der Waals surface area contributed by atoms with Gasteiger partial charge in [0.05, 0.1) is 21.4 Å². The molecule has 1 amide bonds. The molecule has 0 radical (unpaired) electrons. The fourth-order valence-corrected chi connectivity index (χ4v) is 2.87. The van der Waals surface area contributed by atoms with E-state index in [2.05, 4.69) is 15.9 Å². The average molecular weight is 335 g/mol. The SMILES string of the molecule is Nc1cccc2c1N(C(=O)c1cccc(Br)c1F)CC2. The minimum atomic E-state index is -0.541. The Hall–Kier alpha value is -1.88. The van der Waals surface area contributed by atoms with E-state index in [1.165, 1.54) is 6.07 Å². The number of anilines is 2. The van der Waals surface area contributed by atoms with Crippen molar-refractivity contribution in [3.8, 4) is 0 Å². The van der Waals surface area contributed by atoms with Crippen molar-refractivity contribution in [1.82, 2.24) is 0 Å². The average Bonchev–Trinajstić information content (AvgIpc) is 2.86. The number of halogens is 2. The first-order valence-corrected chi connectivity index (χ1v) is 7.02. The molecule has 2 aromatic carbocycles. The lowest BCUT2D eigenvalue weighted by Gasteiger charge is -2.19. The molecule has 0 atom stereocenters. The van der Waals surface area contributed by atoms with Crippen molar-refractivity contribution in [3.63, 3.8) is 0 Å². The number of fused-ring (bicyclic) bond motifs is 1. The number of rotatable bonds is 1. The Bertz CT molecular complexity index is 702. The number of hydrogen-bond acceptors (Lipinski definition) is 2. The van der Waals surface area contributed by atoms with Crippen LogP contribution < -0.4 is 10.6 Å². The smallest absolute Gasteiger partial charge is 0.261 e.